The Morgan fingerprint density at radius 3 is 1.63 bits per heavy atom. The van der Waals surface area contributed by atoms with Crippen LogP contribution >= 0.6 is 0 Å². The van der Waals surface area contributed by atoms with Gasteiger partial charge in [0.25, 0.3) is 6.71 Å². The van der Waals surface area contributed by atoms with E-state index in [4.69, 9.17) is 18.9 Å². The maximum Gasteiger partial charge on any atom is 0.252 e. The zero-order valence-electron chi connectivity index (χ0n) is 31.4. The average Bonchev–Trinajstić information content (AvgIpc) is 3.49. The Labute approximate surface area is 308 Å². The fourth-order valence-corrected chi connectivity index (χ4v) is 8.22. The van der Waals surface area contributed by atoms with Crippen molar-refractivity contribution in [2.75, 3.05) is 36.2 Å². The molecule has 0 aliphatic carbocycles. The van der Waals surface area contributed by atoms with Crippen LogP contribution in [-0.4, -0.2) is 33.1 Å². The minimum atomic E-state index is -0.0307. The summed E-state index contributed by atoms with van der Waals surface area (Å²) in [5.74, 6) is 3.15. The Kier molecular flexibility index (Phi) is 7.59. The standard InChI is InChI=1S/C45H47BN2O4/c1-28-22-37-43-38(23-28)48(32-15-17-39-40(25-32)50-19-8-18-49-39)36-27-42-41(51-20-9-21-52-42)26-34(36)46(43)33-24-30(45(5,6)7)12-16-35(33)47(37)31-13-10-29(11-14-31)44(2,3)4/h10-17,22-27H,8-9,18-21H2,1-7H3. The molecule has 6 nitrogen and oxygen atoms in total. The third kappa shape index (κ3) is 5.39. The summed E-state index contributed by atoms with van der Waals surface area (Å²) >= 11 is 0. The van der Waals surface area contributed by atoms with Crippen LogP contribution in [0, 0.1) is 6.92 Å². The molecule has 9 rings (SSSR count). The van der Waals surface area contributed by atoms with E-state index in [9.17, 15) is 0 Å². The molecule has 0 fully saturated rings. The lowest BCUT2D eigenvalue weighted by molar-refractivity contribution is 0.296. The average molecular weight is 691 g/mol. The minimum Gasteiger partial charge on any atom is -0.490 e. The maximum absolute atomic E-state index is 6.40. The smallest absolute Gasteiger partial charge is 0.252 e. The molecule has 0 unspecified atom stereocenters. The highest BCUT2D eigenvalue weighted by Crippen LogP contribution is 2.48. The molecule has 7 heteroatoms. The van der Waals surface area contributed by atoms with Crippen LogP contribution in [0.15, 0.2) is 84.9 Å². The van der Waals surface area contributed by atoms with Crippen LogP contribution in [0.1, 0.15) is 71.1 Å². The van der Waals surface area contributed by atoms with Crippen LogP contribution in [0.25, 0.3) is 0 Å². The van der Waals surface area contributed by atoms with Gasteiger partial charge in [-0.2, -0.15) is 0 Å². The summed E-state index contributed by atoms with van der Waals surface area (Å²) in [6.45, 7) is 18.4. The lowest BCUT2D eigenvalue weighted by atomic mass is 9.33. The highest BCUT2D eigenvalue weighted by Gasteiger charge is 2.45. The second-order valence-corrected chi connectivity index (χ2v) is 16.7. The van der Waals surface area contributed by atoms with Gasteiger partial charge in [-0.15, -0.1) is 0 Å². The van der Waals surface area contributed by atoms with Gasteiger partial charge >= 0.3 is 0 Å². The van der Waals surface area contributed by atoms with Crippen LogP contribution in [-0.2, 0) is 10.8 Å². The SMILES string of the molecule is Cc1cc2c3c(c1)N(c1ccc4c(c1)OCCCO4)c1cc4c(cc1B3c1cc(C(C)(C)C)ccc1N2c1ccc(C(C)(C)C)cc1)OCCCO4. The first-order valence-electron chi connectivity index (χ1n) is 18.8. The van der Waals surface area contributed by atoms with E-state index in [-0.39, 0.29) is 17.5 Å². The molecule has 4 aliphatic heterocycles. The molecule has 4 aliphatic rings. The number of rotatable bonds is 2. The fraction of sp³-hybridized carbons (Fsp3) is 0.333. The predicted molar refractivity (Wildman–Crippen MR) is 214 cm³/mol. The van der Waals surface area contributed by atoms with Crippen LogP contribution in [0.3, 0.4) is 0 Å². The number of ether oxygens (including phenoxy) is 4. The quantitative estimate of drug-likeness (QED) is 0.169. The summed E-state index contributed by atoms with van der Waals surface area (Å²) < 4.78 is 25.1. The van der Waals surface area contributed by atoms with Crippen molar-refractivity contribution in [2.45, 2.75) is 72.1 Å². The Balaban J connectivity index is 1.35. The molecular weight excluding hydrogens is 643 g/mol. The molecule has 0 radical (unpaired) electrons. The van der Waals surface area contributed by atoms with Crippen LogP contribution in [0.5, 0.6) is 23.0 Å². The van der Waals surface area contributed by atoms with Gasteiger partial charge in [0.1, 0.15) is 0 Å². The van der Waals surface area contributed by atoms with E-state index in [0.29, 0.717) is 26.4 Å². The van der Waals surface area contributed by atoms with E-state index < -0.39 is 0 Å². The number of fused-ring (bicyclic) bond motifs is 6. The second kappa shape index (κ2) is 12.0. The molecule has 0 bridgehead atoms. The van der Waals surface area contributed by atoms with Gasteiger partial charge in [0.05, 0.1) is 32.1 Å². The van der Waals surface area contributed by atoms with Gasteiger partial charge in [0.15, 0.2) is 23.0 Å². The van der Waals surface area contributed by atoms with Crippen molar-refractivity contribution < 1.29 is 18.9 Å². The highest BCUT2D eigenvalue weighted by atomic mass is 16.5. The zero-order chi connectivity index (χ0) is 35.9. The maximum atomic E-state index is 6.40. The zero-order valence-corrected chi connectivity index (χ0v) is 31.4. The highest BCUT2D eigenvalue weighted by molar-refractivity contribution is 7.00. The number of hydrogen-bond donors (Lipinski definition) is 0. The van der Waals surface area contributed by atoms with Crippen molar-refractivity contribution in [3.8, 4) is 23.0 Å². The van der Waals surface area contributed by atoms with Crippen molar-refractivity contribution in [1.29, 1.82) is 0 Å². The van der Waals surface area contributed by atoms with E-state index in [1.54, 1.807) is 0 Å². The van der Waals surface area contributed by atoms with E-state index in [0.717, 1.165) is 58.6 Å². The first-order valence-corrected chi connectivity index (χ1v) is 18.8. The second-order valence-electron chi connectivity index (χ2n) is 16.7. The third-order valence-corrected chi connectivity index (χ3v) is 10.9. The minimum absolute atomic E-state index is 0.0250. The van der Waals surface area contributed by atoms with Crippen molar-refractivity contribution in [2.24, 2.45) is 0 Å². The number of hydrogen-bond acceptors (Lipinski definition) is 6. The lowest BCUT2D eigenvalue weighted by Gasteiger charge is -2.45. The Morgan fingerprint density at radius 2 is 1.00 bits per heavy atom. The molecule has 0 spiro atoms. The first kappa shape index (κ1) is 32.8. The van der Waals surface area contributed by atoms with Crippen molar-refractivity contribution in [3.63, 3.8) is 0 Å². The van der Waals surface area contributed by atoms with Gasteiger partial charge in [-0.25, -0.2) is 0 Å². The number of benzene rings is 5. The van der Waals surface area contributed by atoms with E-state index in [1.165, 1.54) is 44.5 Å². The molecule has 264 valence electrons. The number of aryl methyl sites for hydroxylation is 1. The van der Waals surface area contributed by atoms with Crippen molar-refractivity contribution >= 4 is 57.2 Å². The van der Waals surface area contributed by atoms with Crippen molar-refractivity contribution in [1.82, 2.24) is 0 Å². The summed E-state index contributed by atoms with van der Waals surface area (Å²) in [6.07, 6.45) is 1.70. The number of anilines is 6. The van der Waals surface area contributed by atoms with E-state index in [1.807, 2.05) is 0 Å². The summed E-state index contributed by atoms with van der Waals surface area (Å²) in [5.41, 5.74) is 14.4. The molecule has 0 saturated heterocycles. The largest absolute Gasteiger partial charge is 0.490 e. The summed E-state index contributed by atoms with van der Waals surface area (Å²) in [7, 11) is 0. The van der Waals surface area contributed by atoms with E-state index >= 15 is 0 Å². The molecule has 4 heterocycles. The van der Waals surface area contributed by atoms with Gasteiger partial charge in [-0.1, -0.05) is 65.8 Å². The molecule has 0 N–H and O–H groups in total. The predicted octanol–water partition coefficient (Wildman–Crippen LogP) is 9.00. The molecule has 52 heavy (non-hydrogen) atoms. The molecule has 5 aromatic rings. The first-order chi connectivity index (χ1) is 25.0. The molecule has 0 atom stereocenters. The summed E-state index contributed by atoms with van der Waals surface area (Å²) in [4.78, 5) is 4.89. The lowest BCUT2D eigenvalue weighted by Crippen LogP contribution is -2.61. The summed E-state index contributed by atoms with van der Waals surface area (Å²) in [6, 6.07) is 31.8. The topological polar surface area (TPSA) is 43.4 Å². The van der Waals surface area contributed by atoms with Crippen molar-refractivity contribution in [3.05, 3.63) is 102 Å². The van der Waals surface area contributed by atoms with Gasteiger partial charge in [-0.3, -0.25) is 0 Å². The fourth-order valence-electron chi connectivity index (χ4n) is 8.22. The van der Waals surface area contributed by atoms with Crippen LogP contribution < -0.4 is 45.1 Å². The van der Waals surface area contributed by atoms with Gasteiger partial charge in [0, 0.05) is 53.4 Å². The number of nitrogens with zero attached hydrogens (tertiary/aromatic N) is 2. The van der Waals surface area contributed by atoms with Crippen LogP contribution in [0.4, 0.5) is 34.1 Å². The normalized spacial score (nSPS) is 16.0. The van der Waals surface area contributed by atoms with Gasteiger partial charge in [0.2, 0.25) is 0 Å². The monoisotopic (exact) mass is 690 g/mol. The Morgan fingerprint density at radius 1 is 0.481 bits per heavy atom. The Bertz CT molecular complexity index is 2220. The van der Waals surface area contributed by atoms with Gasteiger partial charge < -0.3 is 28.7 Å². The van der Waals surface area contributed by atoms with E-state index in [2.05, 4.69) is 143 Å². The molecule has 5 aromatic carbocycles. The molecule has 0 amide bonds. The molecular formula is C45H47BN2O4. The Hall–Kier alpha value is -5.04. The molecule has 0 saturated carbocycles. The summed E-state index contributed by atoms with van der Waals surface area (Å²) in [5, 5.41) is 0. The third-order valence-electron chi connectivity index (χ3n) is 10.9. The molecule has 0 aromatic heterocycles. The van der Waals surface area contributed by atoms with Crippen LogP contribution in [0.2, 0.25) is 0 Å². The van der Waals surface area contributed by atoms with Gasteiger partial charge in [-0.05, 0) is 99.4 Å².